The molecule has 1 aliphatic heterocycles. The first-order valence-corrected chi connectivity index (χ1v) is 7.50. The van der Waals surface area contributed by atoms with Crippen LogP contribution >= 0.6 is 12.4 Å². The van der Waals surface area contributed by atoms with Crippen molar-refractivity contribution in [3.63, 3.8) is 0 Å². The van der Waals surface area contributed by atoms with E-state index in [9.17, 15) is 4.79 Å². The molecule has 7 heteroatoms. The first-order valence-electron chi connectivity index (χ1n) is 7.50. The van der Waals surface area contributed by atoms with E-state index in [-0.39, 0.29) is 24.2 Å². The van der Waals surface area contributed by atoms with E-state index in [1.165, 1.54) is 0 Å². The molecule has 2 N–H and O–H groups in total. The van der Waals surface area contributed by atoms with Gasteiger partial charge in [0, 0.05) is 30.1 Å². The van der Waals surface area contributed by atoms with Crippen molar-refractivity contribution in [2.45, 2.75) is 25.9 Å². The van der Waals surface area contributed by atoms with Crippen LogP contribution in [0.5, 0.6) is 0 Å². The standard InChI is InChI=1S/C16H17N5O.ClH/c22-16(12-4-5-15-19-10-20-21(15)9-12)18-8-11-2-1-3-14-13(11)6-7-17-14;/h1-3,6-7,10,12,17H,4-5,8-9H2,(H,18,22);1H. The van der Waals surface area contributed by atoms with E-state index in [1.807, 2.05) is 35.1 Å². The molecule has 0 fully saturated rings. The summed E-state index contributed by atoms with van der Waals surface area (Å²) in [6.07, 6.45) is 5.12. The van der Waals surface area contributed by atoms with E-state index >= 15 is 0 Å². The number of rotatable bonds is 3. The maximum absolute atomic E-state index is 12.4. The van der Waals surface area contributed by atoms with Gasteiger partial charge >= 0.3 is 0 Å². The van der Waals surface area contributed by atoms with Gasteiger partial charge in [0.15, 0.2) is 0 Å². The molecule has 1 aliphatic rings. The Bertz CT molecular complexity index is 825. The Morgan fingerprint density at radius 1 is 1.39 bits per heavy atom. The molecule has 2 aromatic heterocycles. The van der Waals surface area contributed by atoms with E-state index in [2.05, 4.69) is 20.4 Å². The maximum atomic E-state index is 12.4. The van der Waals surface area contributed by atoms with Crippen LogP contribution in [0.25, 0.3) is 10.9 Å². The van der Waals surface area contributed by atoms with Gasteiger partial charge in [-0.2, -0.15) is 5.10 Å². The van der Waals surface area contributed by atoms with Gasteiger partial charge in [0.05, 0.1) is 12.5 Å². The number of carbonyl (C=O) groups is 1. The molecule has 0 saturated carbocycles. The number of nitrogens with one attached hydrogen (secondary N) is 2. The maximum Gasteiger partial charge on any atom is 0.225 e. The van der Waals surface area contributed by atoms with Crippen LogP contribution in [-0.4, -0.2) is 25.7 Å². The first-order chi connectivity index (χ1) is 10.8. The molecule has 0 saturated heterocycles. The summed E-state index contributed by atoms with van der Waals surface area (Å²) in [7, 11) is 0. The molecule has 1 amide bonds. The van der Waals surface area contributed by atoms with Crippen molar-refractivity contribution in [3.05, 3.63) is 48.2 Å². The second kappa shape index (κ2) is 6.42. The highest BCUT2D eigenvalue weighted by Gasteiger charge is 2.25. The molecule has 0 radical (unpaired) electrons. The zero-order chi connectivity index (χ0) is 14.9. The fourth-order valence-corrected chi connectivity index (χ4v) is 3.08. The van der Waals surface area contributed by atoms with Gasteiger partial charge < -0.3 is 10.3 Å². The van der Waals surface area contributed by atoms with Gasteiger partial charge in [0.2, 0.25) is 5.91 Å². The third-order valence-corrected chi connectivity index (χ3v) is 4.31. The summed E-state index contributed by atoms with van der Waals surface area (Å²) in [6, 6.07) is 8.13. The summed E-state index contributed by atoms with van der Waals surface area (Å²) >= 11 is 0. The lowest BCUT2D eigenvalue weighted by Gasteiger charge is -2.21. The van der Waals surface area contributed by atoms with Crippen molar-refractivity contribution in [1.82, 2.24) is 25.1 Å². The minimum Gasteiger partial charge on any atom is -0.361 e. The summed E-state index contributed by atoms with van der Waals surface area (Å²) in [4.78, 5) is 19.8. The molecule has 0 bridgehead atoms. The Balaban J connectivity index is 0.00000156. The molecule has 3 heterocycles. The highest BCUT2D eigenvalue weighted by Crippen LogP contribution is 2.19. The Morgan fingerprint density at radius 2 is 2.30 bits per heavy atom. The average molecular weight is 332 g/mol. The van der Waals surface area contributed by atoms with Gasteiger partial charge in [-0.25, -0.2) is 9.67 Å². The lowest BCUT2D eigenvalue weighted by Crippen LogP contribution is -2.36. The van der Waals surface area contributed by atoms with Crippen LogP contribution < -0.4 is 5.32 Å². The number of benzene rings is 1. The third-order valence-electron chi connectivity index (χ3n) is 4.31. The number of H-pyrrole nitrogens is 1. The van der Waals surface area contributed by atoms with Gasteiger partial charge in [0.25, 0.3) is 0 Å². The van der Waals surface area contributed by atoms with E-state index in [4.69, 9.17) is 0 Å². The van der Waals surface area contributed by atoms with Crippen molar-refractivity contribution >= 4 is 29.2 Å². The Labute approximate surface area is 139 Å². The molecule has 4 rings (SSSR count). The monoisotopic (exact) mass is 331 g/mol. The number of aromatic nitrogens is 4. The summed E-state index contributed by atoms with van der Waals surface area (Å²) in [5, 5.41) is 8.38. The zero-order valence-corrected chi connectivity index (χ0v) is 13.3. The number of aromatic amines is 1. The summed E-state index contributed by atoms with van der Waals surface area (Å²) in [5.74, 6) is 1.04. The smallest absolute Gasteiger partial charge is 0.225 e. The largest absolute Gasteiger partial charge is 0.361 e. The van der Waals surface area contributed by atoms with Crippen molar-refractivity contribution in [3.8, 4) is 0 Å². The minimum absolute atomic E-state index is 0. The molecule has 6 nitrogen and oxygen atoms in total. The fourth-order valence-electron chi connectivity index (χ4n) is 3.08. The SMILES string of the molecule is Cl.O=C(NCc1cccc2[nH]ccc12)C1CCc2ncnn2C1. The van der Waals surface area contributed by atoms with Crippen LogP contribution in [0, 0.1) is 5.92 Å². The number of fused-ring (bicyclic) bond motifs is 2. The third kappa shape index (κ3) is 2.94. The quantitative estimate of drug-likeness (QED) is 0.771. The first kappa shape index (κ1) is 15.6. The van der Waals surface area contributed by atoms with Crippen LogP contribution in [0.3, 0.4) is 0 Å². The van der Waals surface area contributed by atoms with E-state index < -0.39 is 0 Å². The number of carbonyl (C=O) groups excluding carboxylic acids is 1. The van der Waals surface area contributed by atoms with Gasteiger partial charge in [-0.1, -0.05) is 12.1 Å². The number of hydrogen-bond donors (Lipinski definition) is 2. The molecule has 0 spiro atoms. The summed E-state index contributed by atoms with van der Waals surface area (Å²) < 4.78 is 1.83. The van der Waals surface area contributed by atoms with E-state index in [1.54, 1.807) is 6.33 Å². The predicted octanol–water partition coefficient (Wildman–Crippen LogP) is 2.06. The zero-order valence-electron chi connectivity index (χ0n) is 12.5. The lowest BCUT2D eigenvalue weighted by atomic mass is 9.98. The molecule has 1 aromatic carbocycles. The normalized spacial score (nSPS) is 16.6. The molecule has 3 aromatic rings. The topological polar surface area (TPSA) is 75.6 Å². The molecule has 120 valence electrons. The number of hydrogen-bond acceptors (Lipinski definition) is 3. The fraction of sp³-hybridized carbons (Fsp3) is 0.312. The van der Waals surface area contributed by atoms with E-state index in [0.717, 1.165) is 35.1 Å². The van der Waals surface area contributed by atoms with Gasteiger partial charge in [-0.15, -0.1) is 12.4 Å². The van der Waals surface area contributed by atoms with Crippen LogP contribution in [0.4, 0.5) is 0 Å². The van der Waals surface area contributed by atoms with Crippen molar-refractivity contribution < 1.29 is 4.79 Å². The van der Waals surface area contributed by atoms with Gasteiger partial charge in [0.1, 0.15) is 12.2 Å². The Morgan fingerprint density at radius 3 is 3.22 bits per heavy atom. The van der Waals surface area contributed by atoms with Gasteiger partial charge in [-0.05, 0) is 24.1 Å². The second-order valence-electron chi connectivity index (χ2n) is 5.67. The predicted molar refractivity (Wildman–Crippen MR) is 89.2 cm³/mol. The van der Waals surface area contributed by atoms with Crippen molar-refractivity contribution in [2.75, 3.05) is 0 Å². The number of halogens is 1. The van der Waals surface area contributed by atoms with Crippen molar-refractivity contribution in [2.24, 2.45) is 5.92 Å². The van der Waals surface area contributed by atoms with E-state index in [0.29, 0.717) is 13.1 Å². The highest BCUT2D eigenvalue weighted by atomic mass is 35.5. The van der Waals surface area contributed by atoms with Crippen LogP contribution in [0.2, 0.25) is 0 Å². The van der Waals surface area contributed by atoms with Crippen LogP contribution in [0.15, 0.2) is 36.8 Å². The van der Waals surface area contributed by atoms with Crippen molar-refractivity contribution in [1.29, 1.82) is 0 Å². The molecule has 1 atom stereocenters. The van der Waals surface area contributed by atoms with Gasteiger partial charge in [-0.3, -0.25) is 4.79 Å². The molecule has 1 unspecified atom stereocenters. The number of amides is 1. The molecular formula is C16H18ClN5O. The molecule has 23 heavy (non-hydrogen) atoms. The minimum atomic E-state index is -0.0281. The van der Waals surface area contributed by atoms with Crippen LogP contribution in [0.1, 0.15) is 17.8 Å². The lowest BCUT2D eigenvalue weighted by molar-refractivity contribution is -0.126. The molecular weight excluding hydrogens is 314 g/mol. The number of aryl methyl sites for hydroxylation is 1. The van der Waals surface area contributed by atoms with Crippen LogP contribution in [-0.2, 0) is 24.3 Å². The highest BCUT2D eigenvalue weighted by molar-refractivity contribution is 5.85. The molecule has 0 aliphatic carbocycles. The number of nitrogens with zero attached hydrogens (tertiary/aromatic N) is 3. The summed E-state index contributed by atoms with van der Waals surface area (Å²) in [5.41, 5.74) is 2.22. The Kier molecular flexibility index (Phi) is 4.34. The average Bonchev–Trinajstić information content (AvgIpc) is 3.20. The second-order valence-corrected chi connectivity index (χ2v) is 5.67. The summed E-state index contributed by atoms with van der Waals surface area (Å²) in [6.45, 7) is 1.17. The Hall–Kier alpha value is -2.34.